The maximum Gasteiger partial charge on any atom is 0.145 e. The number of aryl methyl sites for hydroxylation is 1. The Hall–Kier alpha value is -1.23. The van der Waals surface area contributed by atoms with Crippen molar-refractivity contribution in [3.05, 3.63) is 52.0 Å². The van der Waals surface area contributed by atoms with Gasteiger partial charge in [-0.05, 0) is 28.1 Å². The first-order valence-electron chi connectivity index (χ1n) is 5.26. The second-order valence-electron chi connectivity index (χ2n) is 3.65. The van der Waals surface area contributed by atoms with Gasteiger partial charge in [0.1, 0.15) is 17.5 Å². The second kappa shape index (κ2) is 4.96. The van der Waals surface area contributed by atoms with E-state index in [1.807, 2.05) is 6.92 Å². The van der Waals surface area contributed by atoms with Gasteiger partial charge in [0.25, 0.3) is 0 Å². The highest BCUT2D eigenvalue weighted by Gasteiger charge is 2.13. The van der Waals surface area contributed by atoms with Crippen molar-refractivity contribution in [2.75, 3.05) is 0 Å². The standard InChI is InChI=1S/C12H11BrF2N2/c1-2-11-16-5-6-17(11)7-8-10(14)4-3-9(13)12(8)15/h3-6H,2,7H2,1H3. The minimum atomic E-state index is -0.555. The molecule has 2 nitrogen and oxygen atoms in total. The van der Waals surface area contributed by atoms with Gasteiger partial charge in [-0.15, -0.1) is 0 Å². The first-order chi connectivity index (χ1) is 8.13. The van der Waals surface area contributed by atoms with Crippen LogP contribution in [-0.2, 0) is 13.0 Å². The molecule has 0 bridgehead atoms. The van der Waals surface area contributed by atoms with Crippen LogP contribution in [0.2, 0.25) is 0 Å². The first kappa shape index (κ1) is 12.2. The summed E-state index contributed by atoms with van der Waals surface area (Å²) >= 11 is 3.05. The fourth-order valence-corrected chi connectivity index (χ4v) is 2.05. The SMILES string of the molecule is CCc1nccn1Cc1c(F)ccc(Br)c1F. The third-order valence-corrected chi connectivity index (χ3v) is 3.20. The zero-order chi connectivity index (χ0) is 12.4. The number of halogens is 3. The Morgan fingerprint density at radius 2 is 2.12 bits per heavy atom. The van der Waals surface area contributed by atoms with Gasteiger partial charge in [-0.1, -0.05) is 6.92 Å². The third kappa shape index (κ3) is 2.39. The van der Waals surface area contributed by atoms with Crippen molar-refractivity contribution in [3.8, 4) is 0 Å². The van der Waals surface area contributed by atoms with Crippen molar-refractivity contribution >= 4 is 15.9 Å². The molecule has 90 valence electrons. The van der Waals surface area contributed by atoms with Crippen LogP contribution in [0.15, 0.2) is 29.0 Å². The molecule has 0 radical (unpaired) electrons. The van der Waals surface area contributed by atoms with E-state index in [-0.39, 0.29) is 16.6 Å². The Labute approximate surface area is 106 Å². The van der Waals surface area contributed by atoms with Gasteiger partial charge in [0.2, 0.25) is 0 Å². The Morgan fingerprint density at radius 3 is 2.82 bits per heavy atom. The summed E-state index contributed by atoms with van der Waals surface area (Å²) in [4.78, 5) is 4.12. The molecular formula is C12H11BrF2N2. The van der Waals surface area contributed by atoms with Crippen LogP contribution in [0.1, 0.15) is 18.3 Å². The van der Waals surface area contributed by atoms with E-state index in [9.17, 15) is 8.78 Å². The topological polar surface area (TPSA) is 17.8 Å². The van der Waals surface area contributed by atoms with E-state index in [0.717, 1.165) is 12.2 Å². The molecule has 5 heteroatoms. The molecule has 1 aromatic heterocycles. The average molecular weight is 301 g/mol. The van der Waals surface area contributed by atoms with Crippen LogP contribution in [0.4, 0.5) is 8.78 Å². The van der Waals surface area contributed by atoms with Gasteiger partial charge >= 0.3 is 0 Å². The molecule has 0 unspecified atom stereocenters. The number of hydrogen-bond acceptors (Lipinski definition) is 1. The van der Waals surface area contributed by atoms with Gasteiger partial charge in [0.15, 0.2) is 0 Å². The van der Waals surface area contributed by atoms with Gasteiger partial charge in [-0.25, -0.2) is 13.8 Å². The minimum absolute atomic E-state index is 0.0482. The number of imidazole rings is 1. The summed E-state index contributed by atoms with van der Waals surface area (Å²) in [7, 11) is 0. The van der Waals surface area contributed by atoms with Crippen LogP contribution in [0.25, 0.3) is 0 Å². The van der Waals surface area contributed by atoms with Crippen molar-refractivity contribution < 1.29 is 8.78 Å². The van der Waals surface area contributed by atoms with Crippen LogP contribution in [0, 0.1) is 11.6 Å². The van der Waals surface area contributed by atoms with Crippen LogP contribution in [0.5, 0.6) is 0 Å². The molecule has 1 heterocycles. The molecule has 0 amide bonds. The van der Waals surface area contributed by atoms with Crippen molar-refractivity contribution in [2.24, 2.45) is 0 Å². The van der Waals surface area contributed by atoms with Gasteiger partial charge < -0.3 is 4.57 Å². The molecule has 0 saturated carbocycles. The molecule has 1 aromatic carbocycles. The monoisotopic (exact) mass is 300 g/mol. The van der Waals surface area contributed by atoms with Gasteiger partial charge in [-0.2, -0.15) is 0 Å². The zero-order valence-electron chi connectivity index (χ0n) is 9.25. The van der Waals surface area contributed by atoms with E-state index in [1.165, 1.54) is 12.1 Å². The Bertz CT molecular complexity index is 537. The van der Waals surface area contributed by atoms with Crippen molar-refractivity contribution in [2.45, 2.75) is 19.9 Å². The van der Waals surface area contributed by atoms with E-state index >= 15 is 0 Å². The van der Waals surface area contributed by atoms with Crippen LogP contribution < -0.4 is 0 Å². The number of aromatic nitrogens is 2. The minimum Gasteiger partial charge on any atom is -0.330 e. The number of nitrogens with zero attached hydrogens (tertiary/aromatic N) is 2. The summed E-state index contributed by atoms with van der Waals surface area (Å²) in [5.74, 6) is -0.286. The summed E-state index contributed by atoms with van der Waals surface area (Å²) in [5.41, 5.74) is 0.0482. The molecule has 2 aromatic rings. The van der Waals surface area contributed by atoms with E-state index < -0.39 is 11.6 Å². The fourth-order valence-electron chi connectivity index (χ4n) is 1.68. The Kier molecular flexibility index (Phi) is 3.57. The van der Waals surface area contributed by atoms with Crippen molar-refractivity contribution in [3.63, 3.8) is 0 Å². The summed E-state index contributed by atoms with van der Waals surface area (Å²) < 4.78 is 29.3. The Balaban J connectivity index is 2.39. The van der Waals surface area contributed by atoms with Gasteiger partial charge in [-0.3, -0.25) is 0 Å². The molecule has 17 heavy (non-hydrogen) atoms. The van der Waals surface area contributed by atoms with E-state index in [0.29, 0.717) is 0 Å². The smallest absolute Gasteiger partial charge is 0.145 e. The van der Waals surface area contributed by atoms with Crippen LogP contribution >= 0.6 is 15.9 Å². The third-order valence-electron chi connectivity index (χ3n) is 2.59. The highest BCUT2D eigenvalue weighted by molar-refractivity contribution is 9.10. The average Bonchev–Trinajstić information content (AvgIpc) is 2.77. The summed E-state index contributed by atoms with van der Waals surface area (Å²) in [5, 5.41) is 0. The number of benzene rings is 1. The lowest BCUT2D eigenvalue weighted by molar-refractivity contribution is 0.537. The highest BCUT2D eigenvalue weighted by atomic mass is 79.9. The van der Waals surface area contributed by atoms with E-state index in [2.05, 4.69) is 20.9 Å². The molecule has 0 fully saturated rings. The lowest BCUT2D eigenvalue weighted by atomic mass is 10.2. The zero-order valence-corrected chi connectivity index (χ0v) is 10.8. The van der Waals surface area contributed by atoms with E-state index in [1.54, 1.807) is 17.0 Å². The number of hydrogen-bond donors (Lipinski definition) is 0. The normalized spacial score (nSPS) is 10.8. The summed E-state index contributed by atoms with van der Waals surface area (Å²) in [6, 6.07) is 2.62. The lowest BCUT2D eigenvalue weighted by Crippen LogP contribution is -2.07. The number of rotatable bonds is 3. The highest BCUT2D eigenvalue weighted by Crippen LogP contribution is 2.22. The Morgan fingerprint density at radius 1 is 1.35 bits per heavy atom. The fraction of sp³-hybridized carbons (Fsp3) is 0.250. The van der Waals surface area contributed by atoms with Crippen molar-refractivity contribution in [1.29, 1.82) is 0 Å². The molecular weight excluding hydrogens is 290 g/mol. The molecule has 0 aliphatic heterocycles. The predicted octanol–water partition coefficient (Wildman–Crippen LogP) is 3.53. The van der Waals surface area contributed by atoms with Crippen molar-refractivity contribution in [1.82, 2.24) is 9.55 Å². The van der Waals surface area contributed by atoms with Crippen LogP contribution in [-0.4, -0.2) is 9.55 Å². The summed E-state index contributed by atoms with van der Waals surface area (Å²) in [6.45, 7) is 2.10. The van der Waals surface area contributed by atoms with E-state index in [4.69, 9.17) is 0 Å². The molecule has 0 aliphatic rings. The second-order valence-corrected chi connectivity index (χ2v) is 4.50. The van der Waals surface area contributed by atoms with Gasteiger partial charge in [0, 0.05) is 24.4 Å². The maximum absolute atomic E-state index is 13.8. The largest absolute Gasteiger partial charge is 0.330 e. The molecule has 0 saturated heterocycles. The molecule has 0 N–H and O–H groups in total. The lowest BCUT2D eigenvalue weighted by Gasteiger charge is -2.09. The quantitative estimate of drug-likeness (QED) is 0.793. The molecule has 0 aliphatic carbocycles. The maximum atomic E-state index is 13.8. The molecule has 0 spiro atoms. The van der Waals surface area contributed by atoms with Gasteiger partial charge in [0.05, 0.1) is 11.0 Å². The molecule has 0 atom stereocenters. The molecule has 2 rings (SSSR count). The predicted molar refractivity (Wildman–Crippen MR) is 64.8 cm³/mol. The first-order valence-corrected chi connectivity index (χ1v) is 6.05. The van der Waals surface area contributed by atoms with Crippen LogP contribution in [0.3, 0.4) is 0 Å². The summed E-state index contributed by atoms with van der Waals surface area (Å²) in [6.07, 6.45) is 4.08.